The van der Waals surface area contributed by atoms with Gasteiger partial charge in [-0.2, -0.15) is 0 Å². The topological polar surface area (TPSA) is 24.5 Å². The van der Waals surface area contributed by atoms with E-state index in [2.05, 4.69) is 24.1 Å². The second kappa shape index (κ2) is 5.71. The van der Waals surface area contributed by atoms with Gasteiger partial charge in [0.25, 0.3) is 0 Å². The SMILES string of the molecule is CC(C)NC1CCC(N2CCC3(CC2)COC3)CC1. The standard InChI is InChI=1S/C16H30N2O/c1-13(2)17-14-3-5-15(6-4-14)18-9-7-16(8-10-18)11-19-12-16/h13-15,17H,3-12H2,1-2H3. The number of likely N-dealkylation sites (tertiary alicyclic amines) is 1. The normalized spacial score (nSPS) is 35.5. The first-order valence-electron chi connectivity index (χ1n) is 8.25. The molecule has 2 saturated heterocycles. The maximum absolute atomic E-state index is 5.42. The van der Waals surface area contributed by atoms with Gasteiger partial charge in [0.2, 0.25) is 0 Å². The number of rotatable bonds is 3. The molecular weight excluding hydrogens is 236 g/mol. The van der Waals surface area contributed by atoms with Crippen LogP contribution in [0.1, 0.15) is 52.4 Å². The summed E-state index contributed by atoms with van der Waals surface area (Å²) in [5.74, 6) is 0. The minimum Gasteiger partial charge on any atom is -0.380 e. The molecule has 19 heavy (non-hydrogen) atoms. The second-order valence-corrected chi connectivity index (χ2v) is 7.36. The zero-order chi connectivity index (χ0) is 13.3. The summed E-state index contributed by atoms with van der Waals surface area (Å²) in [5, 5.41) is 3.70. The highest BCUT2D eigenvalue weighted by Crippen LogP contribution is 2.39. The van der Waals surface area contributed by atoms with Crippen LogP contribution in [0.3, 0.4) is 0 Å². The van der Waals surface area contributed by atoms with E-state index < -0.39 is 0 Å². The fraction of sp³-hybridized carbons (Fsp3) is 1.00. The molecule has 3 aliphatic rings. The first-order valence-corrected chi connectivity index (χ1v) is 8.25. The van der Waals surface area contributed by atoms with Crippen LogP contribution in [-0.4, -0.2) is 49.3 Å². The van der Waals surface area contributed by atoms with Crippen LogP contribution in [-0.2, 0) is 4.74 Å². The van der Waals surface area contributed by atoms with Crippen molar-refractivity contribution in [1.29, 1.82) is 0 Å². The van der Waals surface area contributed by atoms with E-state index in [9.17, 15) is 0 Å². The summed E-state index contributed by atoms with van der Waals surface area (Å²) in [5.41, 5.74) is 0.590. The summed E-state index contributed by atoms with van der Waals surface area (Å²) < 4.78 is 5.42. The first-order chi connectivity index (χ1) is 9.17. The first kappa shape index (κ1) is 13.8. The van der Waals surface area contributed by atoms with Crippen molar-refractivity contribution in [3.8, 4) is 0 Å². The van der Waals surface area contributed by atoms with Gasteiger partial charge in [-0.25, -0.2) is 0 Å². The van der Waals surface area contributed by atoms with Gasteiger partial charge in [-0.1, -0.05) is 13.8 Å². The van der Waals surface area contributed by atoms with E-state index in [-0.39, 0.29) is 0 Å². The van der Waals surface area contributed by atoms with Crippen molar-refractivity contribution in [3.05, 3.63) is 0 Å². The molecule has 1 saturated carbocycles. The third kappa shape index (κ3) is 3.14. The molecule has 0 aromatic carbocycles. The largest absolute Gasteiger partial charge is 0.380 e. The van der Waals surface area contributed by atoms with Gasteiger partial charge in [0, 0.05) is 23.5 Å². The molecule has 1 spiro atoms. The summed E-state index contributed by atoms with van der Waals surface area (Å²) in [6.07, 6.45) is 8.28. The molecule has 0 aromatic rings. The van der Waals surface area contributed by atoms with Gasteiger partial charge in [-0.05, 0) is 51.6 Å². The van der Waals surface area contributed by atoms with Crippen molar-refractivity contribution in [3.63, 3.8) is 0 Å². The van der Waals surface area contributed by atoms with E-state index in [0.29, 0.717) is 11.5 Å². The van der Waals surface area contributed by atoms with Crippen LogP contribution >= 0.6 is 0 Å². The van der Waals surface area contributed by atoms with Crippen molar-refractivity contribution < 1.29 is 4.74 Å². The second-order valence-electron chi connectivity index (χ2n) is 7.36. The number of nitrogens with zero attached hydrogens (tertiary/aromatic N) is 1. The van der Waals surface area contributed by atoms with Crippen LogP contribution in [0.25, 0.3) is 0 Å². The Hall–Kier alpha value is -0.120. The fourth-order valence-corrected chi connectivity index (χ4v) is 4.12. The van der Waals surface area contributed by atoms with Crippen LogP contribution in [0, 0.1) is 5.41 Å². The molecule has 0 unspecified atom stereocenters. The Morgan fingerprint density at radius 1 is 1.05 bits per heavy atom. The third-order valence-corrected chi connectivity index (χ3v) is 5.46. The van der Waals surface area contributed by atoms with Crippen molar-refractivity contribution >= 4 is 0 Å². The summed E-state index contributed by atoms with van der Waals surface area (Å²) in [4.78, 5) is 2.77. The van der Waals surface area contributed by atoms with Crippen molar-refractivity contribution in [1.82, 2.24) is 10.2 Å². The molecule has 0 atom stereocenters. The summed E-state index contributed by atoms with van der Waals surface area (Å²) in [6, 6.07) is 2.27. The average Bonchev–Trinajstić information content (AvgIpc) is 2.37. The van der Waals surface area contributed by atoms with Crippen molar-refractivity contribution in [2.45, 2.75) is 70.5 Å². The predicted octanol–water partition coefficient (Wildman–Crippen LogP) is 2.41. The van der Waals surface area contributed by atoms with Crippen molar-refractivity contribution in [2.24, 2.45) is 5.41 Å². The van der Waals surface area contributed by atoms with E-state index in [4.69, 9.17) is 4.74 Å². The Bertz CT molecular complexity index is 283. The Kier molecular flexibility index (Phi) is 4.16. The minimum absolute atomic E-state index is 0.590. The van der Waals surface area contributed by atoms with Gasteiger partial charge in [0.1, 0.15) is 0 Å². The van der Waals surface area contributed by atoms with Gasteiger partial charge >= 0.3 is 0 Å². The summed E-state index contributed by atoms with van der Waals surface area (Å²) in [7, 11) is 0. The Labute approximate surface area is 118 Å². The maximum atomic E-state index is 5.42. The zero-order valence-electron chi connectivity index (χ0n) is 12.7. The molecule has 3 heteroatoms. The van der Waals surface area contributed by atoms with E-state index in [0.717, 1.165) is 25.3 Å². The third-order valence-electron chi connectivity index (χ3n) is 5.46. The number of hydrogen-bond donors (Lipinski definition) is 1. The maximum Gasteiger partial charge on any atom is 0.0545 e. The number of nitrogens with one attached hydrogen (secondary N) is 1. The lowest BCUT2D eigenvalue weighted by Crippen LogP contribution is -2.54. The molecule has 3 nitrogen and oxygen atoms in total. The van der Waals surface area contributed by atoms with Crippen LogP contribution in [0.4, 0.5) is 0 Å². The minimum atomic E-state index is 0.590. The quantitative estimate of drug-likeness (QED) is 0.849. The molecule has 0 bridgehead atoms. The lowest BCUT2D eigenvalue weighted by atomic mass is 9.76. The summed E-state index contributed by atoms with van der Waals surface area (Å²) >= 11 is 0. The predicted molar refractivity (Wildman–Crippen MR) is 78.4 cm³/mol. The van der Waals surface area contributed by atoms with Gasteiger partial charge in [0.15, 0.2) is 0 Å². The molecule has 110 valence electrons. The lowest BCUT2D eigenvalue weighted by Gasteiger charge is -2.49. The molecule has 1 aliphatic carbocycles. The van der Waals surface area contributed by atoms with Crippen LogP contribution in [0.5, 0.6) is 0 Å². The Morgan fingerprint density at radius 3 is 2.16 bits per heavy atom. The highest BCUT2D eigenvalue weighted by atomic mass is 16.5. The molecule has 0 aromatic heterocycles. The van der Waals surface area contributed by atoms with Crippen LogP contribution in [0.2, 0.25) is 0 Å². The van der Waals surface area contributed by atoms with Gasteiger partial charge < -0.3 is 15.0 Å². The molecule has 3 fully saturated rings. The number of hydrogen-bond acceptors (Lipinski definition) is 3. The van der Waals surface area contributed by atoms with Gasteiger partial charge in [-0.15, -0.1) is 0 Å². The van der Waals surface area contributed by atoms with E-state index in [1.807, 2.05) is 0 Å². The van der Waals surface area contributed by atoms with Crippen LogP contribution in [0.15, 0.2) is 0 Å². The molecular formula is C16H30N2O. The zero-order valence-corrected chi connectivity index (χ0v) is 12.7. The fourth-order valence-electron chi connectivity index (χ4n) is 4.12. The van der Waals surface area contributed by atoms with Gasteiger partial charge in [0.05, 0.1) is 13.2 Å². The molecule has 1 N–H and O–H groups in total. The van der Waals surface area contributed by atoms with Gasteiger partial charge in [-0.3, -0.25) is 0 Å². The van der Waals surface area contributed by atoms with E-state index in [1.165, 1.54) is 51.6 Å². The average molecular weight is 266 g/mol. The highest BCUT2D eigenvalue weighted by molar-refractivity contribution is 4.93. The van der Waals surface area contributed by atoms with E-state index >= 15 is 0 Å². The van der Waals surface area contributed by atoms with Crippen molar-refractivity contribution in [2.75, 3.05) is 26.3 Å². The summed E-state index contributed by atoms with van der Waals surface area (Å²) in [6.45, 7) is 9.22. The molecule has 3 rings (SSSR count). The van der Waals surface area contributed by atoms with Crippen LogP contribution < -0.4 is 5.32 Å². The monoisotopic (exact) mass is 266 g/mol. The number of ether oxygens (including phenoxy) is 1. The Morgan fingerprint density at radius 2 is 1.68 bits per heavy atom. The highest BCUT2D eigenvalue weighted by Gasteiger charge is 2.42. The smallest absolute Gasteiger partial charge is 0.0545 e. The molecule has 0 radical (unpaired) electrons. The molecule has 0 amide bonds. The van der Waals surface area contributed by atoms with E-state index in [1.54, 1.807) is 0 Å². The molecule has 2 heterocycles. The molecule has 2 aliphatic heterocycles. The Balaban J connectivity index is 1.42. The number of piperidine rings is 1. The lowest BCUT2D eigenvalue weighted by molar-refractivity contribution is -0.143.